The van der Waals surface area contributed by atoms with E-state index < -0.39 is 11.4 Å². The molecule has 1 unspecified atom stereocenters. The highest BCUT2D eigenvalue weighted by Crippen LogP contribution is 2.28. The van der Waals surface area contributed by atoms with Crippen molar-refractivity contribution >= 4 is 11.4 Å². The predicted octanol–water partition coefficient (Wildman–Crippen LogP) is 1.11. The van der Waals surface area contributed by atoms with Gasteiger partial charge in [0.15, 0.2) is 0 Å². The average molecular weight is 220 g/mol. The zero-order valence-electron chi connectivity index (χ0n) is 8.58. The van der Waals surface area contributed by atoms with Gasteiger partial charge in [-0.3, -0.25) is 0 Å². The minimum absolute atomic E-state index is 0.274. The van der Waals surface area contributed by atoms with Gasteiger partial charge in [-0.05, 0) is 32.7 Å². The summed E-state index contributed by atoms with van der Waals surface area (Å²) in [5.41, 5.74) is 0.274. The van der Waals surface area contributed by atoms with Crippen LogP contribution in [0.15, 0.2) is 0 Å². The maximum absolute atomic E-state index is 10.0. The van der Waals surface area contributed by atoms with E-state index in [-0.39, 0.29) is 12.1 Å². The van der Waals surface area contributed by atoms with E-state index in [4.69, 9.17) is 0 Å². The van der Waals surface area contributed by atoms with Gasteiger partial charge in [0.05, 0.1) is 18.0 Å². The molecule has 1 fully saturated rings. The molecule has 1 atom stereocenters. The highest BCUT2D eigenvalue weighted by atomic mass is 32.2. The van der Waals surface area contributed by atoms with Gasteiger partial charge in [0, 0.05) is 5.54 Å². The molecule has 5 heteroatoms. The molecule has 0 heterocycles. The quantitative estimate of drug-likeness (QED) is 0.538. The van der Waals surface area contributed by atoms with E-state index in [1.54, 1.807) is 0 Å². The first-order valence-corrected chi connectivity index (χ1v) is 6.10. The van der Waals surface area contributed by atoms with Gasteiger partial charge in [-0.15, -0.1) is 0 Å². The van der Waals surface area contributed by atoms with E-state index in [1.807, 2.05) is 0 Å². The molecule has 1 saturated carbocycles. The van der Waals surface area contributed by atoms with E-state index in [9.17, 15) is 8.76 Å². The summed E-state index contributed by atoms with van der Waals surface area (Å²) >= 11 is -2.36. The summed E-state index contributed by atoms with van der Waals surface area (Å²) in [7, 11) is 0. The van der Waals surface area contributed by atoms with Gasteiger partial charge in [-0.1, -0.05) is 12.8 Å². The van der Waals surface area contributed by atoms with Gasteiger partial charge in [0.1, 0.15) is 0 Å². The second kappa shape index (κ2) is 5.80. The molecular formula is C9H18NO3S-. The third kappa shape index (κ3) is 4.50. The first-order chi connectivity index (χ1) is 6.62. The molecule has 1 aliphatic rings. The highest BCUT2D eigenvalue weighted by Gasteiger charge is 2.27. The molecule has 0 bridgehead atoms. The normalized spacial score (nSPS) is 22.4. The van der Waals surface area contributed by atoms with Crippen LogP contribution >= 0.6 is 0 Å². The van der Waals surface area contributed by atoms with Crippen LogP contribution in [0.4, 0.5) is 0 Å². The zero-order valence-corrected chi connectivity index (χ0v) is 9.40. The molecule has 0 aromatic rings. The molecule has 0 saturated heterocycles. The minimum Gasteiger partial charge on any atom is -0.750 e. The number of nitrogens with one attached hydrogen (secondary N) is 1. The molecule has 0 amide bonds. The second-order valence-corrected chi connectivity index (χ2v) is 4.72. The van der Waals surface area contributed by atoms with Crippen molar-refractivity contribution < 1.29 is 12.9 Å². The van der Waals surface area contributed by atoms with E-state index in [2.05, 4.69) is 16.4 Å². The molecule has 4 nitrogen and oxygen atoms in total. The molecule has 1 aliphatic carbocycles. The summed E-state index contributed by atoms with van der Waals surface area (Å²) < 4.78 is 24.5. The summed E-state index contributed by atoms with van der Waals surface area (Å²) in [4.78, 5) is 0. The summed E-state index contributed by atoms with van der Waals surface area (Å²) in [5.74, 6) is 0. The van der Waals surface area contributed by atoms with Crippen LogP contribution in [0.5, 0.6) is 0 Å². The van der Waals surface area contributed by atoms with Crippen molar-refractivity contribution in [2.45, 2.75) is 44.6 Å². The SMILES string of the molecule is CC1(NCCCOS(=O)[O-])CCCC1. The Labute approximate surface area is 87.9 Å². The molecule has 14 heavy (non-hydrogen) atoms. The van der Waals surface area contributed by atoms with Crippen LogP contribution < -0.4 is 5.32 Å². The Hall–Kier alpha value is 0.0300. The zero-order chi connectivity index (χ0) is 10.4. The first kappa shape index (κ1) is 12.1. The van der Waals surface area contributed by atoms with Crippen molar-refractivity contribution in [2.75, 3.05) is 13.2 Å². The van der Waals surface area contributed by atoms with Crippen LogP contribution in [-0.2, 0) is 15.5 Å². The summed E-state index contributed by atoms with van der Waals surface area (Å²) in [6, 6.07) is 0. The van der Waals surface area contributed by atoms with Gasteiger partial charge in [-0.2, -0.15) is 0 Å². The lowest BCUT2D eigenvalue weighted by Gasteiger charge is -2.25. The van der Waals surface area contributed by atoms with Gasteiger partial charge < -0.3 is 14.1 Å². The van der Waals surface area contributed by atoms with E-state index in [0.29, 0.717) is 0 Å². The van der Waals surface area contributed by atoms with Gasteiger partial charge in [-0.25, -0.2) is 4.21 Å². The first-order valence-electron chi connectivity index (χ1n) is 5.10. The number of hydrogen-bond acceptors (Lipinski definition) is 4. The summed E-state index contributed by atoms with van der Waals surface area (Å²) in [5, 5.41) is 3.45. The maximum Gasteiger partial charge on any atom is 0.0842 e. The van der Waals surface area contributed by atoms with Crippen LogP contribution in [0.2, 0.25) is 0 Å². The van der Waals surface area contributed by atoms with Crippen LogP contribution in [-0.4, -0.2) is 27.5 Å². The standard InChI is InChI=1S/C9H19NO3S/c1-9(5-2-3-6-9)10-7-4-8-13-14(11)12/h10H,2-8H2,1H3,(H,11,12)/p-1. The minimum atomic E-state index is -2.36. The highest BCUT2D eigenvalue weighted by molar-refractivity contribution is 7.74. The van der Waals surface area contributed by atoms with E-state index >= 15 is 0 Å². The van der Waals surface area contributed by atoms with Crippen molar-refractivity contribution in [3.05, 3.63) is 0 Å². The molecule has 1 rings (SSSR count). The Balaban J connectivity index is 2.00. The Bertz CT molecular complexity index is 192. The lowest BCUT2D eigenvalue weighted by molar-refractivity contribution is 0.281. The van der Waals surface area contributed by atoms with Crippen molar-refractivity contribution in [2.24, 2.45) is 0 Å². The Morgan fingerprint density at radius 2 is 2.14 bits per heavy atom. The molecular weight excluding hydrogens is 202 g/mol. The predicted molar refractivity (Wildman–Crippen MR) is 54.4 cm³/mol. The van der Waals surface area contributed by atoms with Crippen LogP contribution in [0.1, 0.15) is 39.0 Å². The third-order valence-corrected chi connectivity index (χ3v) is 3.12. The monoisotopic (exact) mass is 220 g/mol. The van der Waals surface area contributed by atoms with Gasteiger partial charge in [0.25, 0.3) is 0 Å². The average Bonchev–Trinajstić information content (AvgIpc) is 2.51. The Morgan fingerprint density at radius 1 is 1.50 bits per heavy atom. The van der Waals surface area contributed by atoms with Crippen molar-refractivity contribution in [1.29, 1.82) is 0 Å². The fourth-order valence-corrected chi connectivity index (χ4v) is 2.18. The maximum atomic E-state index is 10.0. The lowest BCUT2D eigenvalue weighted by atomic mass is 10.0. The smallest absolute Gasteiger partial charge is 0.0842 e. The largest absolute Gasteiger partial charge is 0.750 e. The molecule has 1 N–H and O–H groups in total. The molecule has 0 aliphatic heterocycles. The third-order valence-electron chi connectivity index (χ3n) is 2.76. The van der Waals surface area contributed by atoms with Crippen molar-refractivity contribution in [3.8, 4) is 0 Å². The van der Waals surface area contributed by atoms with E-state index in [0.717, 1.165) is 13.0 Å². The van der Waals surface area contributed by atoms with Crippen LogP contribution in [0.3, 0.4) is 0 Å². The van der Waals surface area contributed by atoms with Crippen molar-refractivity contribution in [3.63, 3.8) is 0 Å². The van der Waals surface area contributed by atoms with E-state index in [1.165, 1.54) is 25.7 Å². The van der Waals surface area contributed by atoms with Crippen molar-refractivity contribution in [1.82, 2.24) is 5.32 Å². The topological polar surface area (TPSA) is 61.4 Å². The van der Waals surface area contributed by atoms with Crippen LogP contribution in [0, 0.1) is 0 Å². The summed E-state index contributed by atoms with van der Waals surface area (Å²) in [6.45, 7) is 3.33. The Kier molecular flexibility index (Phi) is 5.01. The Morgan fingerprint density at radius 3 is 2.71 bits per heavy atom. The summed E-state index contributed by atoms with van der Waals surface area (Å²) in [6.07, 6.45) is 5.78. The van der Waals surface area contributed by atoms with Gasteiger partial charge in [0.2, 0.25) is 0 Å². The number of rotatable bonds is 6. The molecule has 0 radical (unpaired) electrons. The number of hydrogen-bond donors (Lipinski definition) is 1. The molecule has 0 spiro atoms. The molecule has 84 valence electrons. The lowest BCUT2D eigenvalue weighted by Crippen LogP contribution is -2.40. The second-order valence-electron chi connectivity index (χ2n) is 4.07. The van der Waals surface area contributed by atoms with Gasteiger partial charge >= 0.3 is 0 Å². The molecule has 0 aromatic heterocycles. The fraction of sp³-hybridized carbons (Fsp3) is 1.00. The fourth-order valence-electron chi connectivity index (χ4n) is 1.92. The molecule has 0 aromatic carbocycles. The van der Waals surface area contributed by atoms with Crippen LogP contribution in [0.25, 0.3) is 0 Å².